The summed E-state index contributed by atoms with van der Waals surface area (Å²) in [5, 5.41) is 6.65. The number of morpholine rings is 1. The van der Waals surface area contributed by atoms with Crippen molar-refractivity contribution in [3.05, 3.63) is 59.4 Å². The number of nitrogens with zero attached hydrogens (tertiary/aromatic N) is 1. The maximum Gasteiger partial charge on any atom is 0.433 e. The van der Waals surface area contributed by atoms with E-state index in [4.69, 9.17) is 9.47 Å². The van der Waals surface area contributed by atoms with E-state index in [1.54, 1.807) is 6.07 Å². The number of anilines is 1. The SMILES string of the molecule is FC(F)(F)c1cc(C2OC2Nc2ccc(C34CNC(CO3)C4)cc2)ccn1. The highest BCUT2D eigenvalue weighted by Gasteiger charge is 2.47. The molecule has 142 valence electrons. The lowest BCUT2D eigenvalue weighted by Gasteiger charge is -2.27. The highest BCUT2D eigenvalue weighted by Crippen LogP contribution is 2.42. The molecule has 3 aliphatic heterocycles. The van der Waals surface area contributed by atoms with Crippen LogP contribution in [0.3, 0.4) is 0 Å². The zero-order chi connectivity index (χ0) is 18.6. The van der Waals surface area contributed by atoms with Gasteiger partial charge in [-0.25, -0.2) is 0 Å². The fraction of sp³-hybridized carbons (Fsp3) is 0.421. The van der Waals surface area contributed by atoms with Crippen LogP contribution in [0.1, 0.15) is 29.3 Å². The number of aromatic nitrogens is 1. The predicted octanol–water partition coefficient (Wildman–Crippen LogP) is 3.20. The number of alkyl halides is 3. The van der Waals surface area contributed by atoms with E-state index in [0.29, 0.717) is 11.6 Å². The quantitative estimate of drug-likeness (QED) is 0.802. The van der Waals surface area contributed by atoms with Crippen molar-refractivity contribution in [3.63, 3.8) is 0 Å². The van der Waals surface area contributed by atoms with Crippen LogP contribution in [0.25, 0.3) is 0 Å². The van der Waals surface area contributed by atoms with Crippen LogP contribution in [0.2, 0.25) is 0 Å². The minimum Gasteiger partial charge on any atom is -0.367 e. The Morgan fingerprint density at radius 3 is 2.63 bits per heavy atom. The van der Waals surface area contributed by atoms with E-state index in [1.165, 1.54) is 0 Å². The summed E-state index contributed by atoms with van der Waals surface area (Å²) in [7, 11) is 0. The molecule has 2 N–H and O–H groups in total. The molecule has 5 rings (SSSR count). The molecule has 0 radical (unpaired) electrons. The van der Waals surface area contributed by atoms with Crippen molar-refractivity contribution < 1.29 is 22.6 Å². The second-order valence-corrected chi connectivity index (χ2v) is 7.26. The highest BCUT2D eigenvalue weighted by atomic mass is 19.4. The van der Waals surface area contributed by atoms with Crippen LogP contribution in [0.5, 0.6) is 0 Å². The molecule has 0 amide bonds. The number of hydrogen-bond donors (Lipinski definition) is 2. The summed E-state index contributed by atoms with van der Waals surface area (Å²) < 4.78 is 49.9. The number of fused-ring (bicyclic) bond motifs is 2. The third-order valence-electron chi connectivity index (χ3n) is 5.43. The number of benzene rings is 1. The summed E-state index contributed by atoms with van der Waals surface area (Å²) in [5.74, 6) is 0. The Labute approximate surface area is 153 Å². The average molecular weight is 377 g/mol. The average Bonchev–Trinajstić information content (AvgIpc) is 3.12. The molecule has 1 aromatic heterocycles. The lowest BCUT2D eigenvalue weighted by Crippen LogP contribution is -2.37. The Hall–Kier alpha value is -2.16. The third kappa shape index (κ3) is 3.07. The topological polar surface area (TPSA) is 58.7 Å². The molecule has 4 heterocycles. The minimum absolute atomic E-state index is 0.229. The Kier molecular flexibility index (Phi) is 3.72. The molecule has 27 heavy (non-hydrogen) atoms. The summed E-state index contributed by atoms with van der Waals surface area (Å²) in [6, 6.07) is 11.0. The molecule has 0 spiro atoms. The summed E-state index contributed by atoms with van der Waals surface area (Å²) >= 11 is 0. The maximum atomic E-state index is 12.8. The predicted molar refractivity (Wildman–Crippen MR) is 91.0 cm³/mol. The van der Waals surface area contributed by atoms with E-state index in [2.05, 4.69) is 15.6 Å². The molecule has 5 nitrogen and oxygen atoms in total. The number of pyridine rings is 1. The number of ether oxygens (including phenoxy) is 2. The van der Waals surface area contributed by atoms with Crippen LogP contribution in [-0.4, -0.2) is 30.4 Å². The molecule has 4 unspecified atom stereocenters. The zero-order valence-electron chi connectivity index (χ0n) is 14.3. The number of epoxide rings is 1. The third-order valence-corrected chi connectivity index (χ3v) is 5.43. The largest absolute Gasteiger partial charge is 0.433 e. The van der Waals surface area contributed by atoms with Crippen LogP contribution in [-0.2, 0) is 21.3 Å². The standard InChI is InChI=1S/C19H18F3N3O2/c20-19(21,22)15-7-11(5-6-23-15)16-17(27-16)25-13-3-1-12(2-4-13)18-8-14(9-26-18)24-10-18/h1-7,14,16-17,24-25H,8-10H2. The van der Waals surface area contributed by atoms with Crippen LogP contribution < -0.4 is 10.6 Å². The smallest absolute Gasteiger partial charge is 0.367 e. The molecular formula is C19H18F3N3O2. The van der Waals surface area contributed by atoms with Gasteiger partial charge in [0.05, 0.1) is 6.61 Å². The second-order valence-electron chi connectivity index (χ2n) is 7.26. The Morgan fingerprint density at radius 2 is 2.00 bits per heavy atom. The fourth-order valence-corrected chi connectivity index (χ4v) is 3.93. The maximum absolute atomic E-state index is 12.8. The van der Waals surface area contributed by atoms with E-state index < -0.39 is 18.0 Å². The first kappa shape index (κ1) is 17.0. The van der Waals surface area contributed by atoms with Crippen molar-refractivity contribution in [1.82, 2.24) is 10.3 Å². The fourth-order valence-electron chi connectivity index (χ4n) is 3.93. The molecule has 3 saturated heterocycles. The summed E-state index contributed by atoms with van der Waals surface area (Å²) in [6.07, 6.45) is -3.07. The number of rotatable bonds is 4. The van der Waals surface area contributed by atoms with Crippen LogP contribution in [0.15, 0.2) is 42.6 Å². The number of nitrogens with one attached hydrogen (secondary N) is 2. The lowest BCUT2D eigenvalue weighted by molar-refractivity contribution is -0.141. The van der Waals surface area contributed by atoms with Gasteiger partial charge in [-0.1, -0.05) is 12.1 Å². The van der Waals surface area contributed by atoms with E-state index in [-0.39, 0.29) is 11.8 Å². The van der Waals surface area contributed by atoms with Crippen LogP contribution >= 0.6 is 0 Å². The first-order valence-electron chi connectivity index (χ1n) is 8.86. The van der Waals surface area contributed by atoms with Gasteiger partial charge in [0.25, 0.3) is 0 Å². The molecule has 0 saturated carbocycles. The molecule has 3 aliphatic rings. The molecule has 2 bridgehead atoms. The van der Waals surface area contributed by atoms with Gasteiger partial charge < -0.3 is 20.1 Å². The van der Waals surface area contributed by atoms with Gasteiger partial charge in [-0.15, -0.1) is 0 Å². The Bertz CT molecular complexity index is 848. The summed E-state index contributed by atoms with van der Waals surface area (Å²) in [5.41, 5.74) is 1.32. The molecule has 3 fully saturated rings. The first-order valence-corrected chi connectivity index (χ1v) is 8.86. The summed E-state index contributed by atoms with van der Waals surface area (Å²) in [4.78, 5) is 3.38. The highest BCUT2D eigenvalue weighted by molar-refractivity contribution is 5.48. The Balaban J connectivity index is 1.25. The molecule has 0 aliphatic carbocycles. The van der Waals surface area contributed by atoms with Gasteiger partial charge in [-0.2, -0.15) is 13.2 Å². The van der Waals surface area contributed by atoms with Crippen molar-refractivity contribution in [2.24, 2.45) is 0 Å². The van der Waals surface area contributed by atoms with Crippen molar-refractivity contribution in [3.8, 4) is 0 Å². The van der Waals surface area contributed by atoms with Gasteiger partial charge in [0.2, 0.25) is 0 Å². The number of hydrogen-bond acceptors (Lipinski definition) is 5. The van der Waals surface area contributed by atoms with E-state index >= 15 is 0 Å². The van der Waals surface area contributed by atoms with Gasteiger partial charge in [-0.05, 0) is 41.8 Å². The van der Waals surface area contributed by atoms with Crippen LogP contribution in [0.4, 0.5) is 18.9 Å². The van der Waals surface area contributed by atoms with E-state index in [1.807, 2.05) is 24.3 Å². The van der Waals surface area contributed by atoms with Gasteiger partial charge in [-0.3, -0.25) is 4.98 Å². The van der Waals surface area contributed by atoms with Crippen molar-refractivity contribution in [2.45, 2.75) is 36.6 Å². The lowest BCUT2D eigenvalue weighted by atomic mass is 9.93. The van der Waals surface area contributed by atoms with Crippen molar-refractivity contribution in [1.29, 1.82) is 0 Å². The van der Waals surface area contributed by atoms with Gasteiger partial charge in [0, 0.05) is 24.5 Å². The second kappa shape index (κ2) is 5.92. The monoisotopic (exact) mass is 377 g/mol. The normalized spacial score (nSPS) is 31.9. The van der Waals surface area contributed by atoms with Gasteiger partial charge in [0.15, 0.2) is 6.23 Å². The zero-order valence-corrected chi connectivity index (χ0v) is 14.3. The minimum atomic E-state index is -4.46. The molecule has 4 atom stereocenters. The van der Waals surface area contributed by atoms with Gasteiger partial charge >= 0.3 is 6.18 Å². The molecular weight excluding hydrogens is 359 g/mol. The van der Waals surface area contributed by atoms with E-state index in [9.17, 15) is 13.2 Å². The van der Waals surface area contributed by atoms with Crippen LogP contribution in [0, 0.1) is 0 Å². The van der Waals surface area contributed by atoms with E-state index in [0.717, 1.165) is 43.1 Å². The molecule has 1 aromatic carbocycles. The first-order chi connectivity index (χ1) is 12.9. The van der Waals surface area contributed by atoms with Gasteiger partial charge in [0.1, 0.15) is 17.4 Å². The van der Waals surface area contributed by atoms with Crippen molar-refractivity contribution in [2.75, 3.05) is 18.5 Å². The number of halogens is 3. The van der Waals surface area contributed by atoms with Crippen molar-refractivity contribution >= 4 is 5.69 Å². The molecule has 2 aromatic rings. The summed E-state index contributed by atoms with van der Waals surface area (Å²) in [6.45, 7) is 1.56. The Morgan fingerprint density at radius 1 is 1.19 bits per heavy atom. The molecule has 8 heteroatoms.